The van der Waals surface area contributed by atoms with Crippen LogP contribution in [-0.2, 0) is 33.2 Å². The van der Waals surface area contributed by atoms with Gasteiger partial charge in [0.1, 0.15) is 5.75 Å². The number of amides is 1. The third-order valence-electron chi connectivity index (χ3n) is 5.60. The molecule has 5 N–H and O–H groups in total. The predicted octanol–water partition coefficient (Wildman–Crippen LogP) is 3.56. The number of nitrogens with two attached hydrogens (primary N) is 1. The van der Waals surface area contributed by atoms with E-state index in [1.54, 1.807) is 12.1 Å². The molecule has 0 radical (unpaired) electrons. The fourth-order valence-electron chi connectivity index (χ4n) is 3.86. The zero-order chi connectivity index (χ0) is 22.5. The quantitative estimate of drug-likeness (QED) is 0.345. The molecule has 6 nitrogen and oxygen atoms in total. The molecule has 0 aliphatic carbocycles. The van der Waals surface area contributed by atoms with E-state index < -0.39 is 0 Å². The van der Waals surface area contributed by atoms with Crippen molar-refractivity contribution in [2.24, 2.45) is 12.8 Å². The molecule has 164 valence electrons. The molecule has 1 heterocycles. The van der Waals surface area contributed by atoms with Gasteiger partial charge in [0.25, 0.3) is 5.91 Å². The van der Waals surface area contributed by atoms with Crippen LogP contribution in [0.4, 0.5) is 0 Å². The molecule has 0 unspecified atom stereocenters. The standard InChI is InChI=1S/C26H28N4O2/c1-30-17-22(16-28-14-18-5-8-23(31)9-6-18)24-12-21(7-10-25(24)30)26(32)29-15-20-4-2-3-19(11-20)13-27/h2-12,17,28,31H,13-16,27H2,1H3,(H,29,32). The fraction of sp³-hybridized carbons (Fsp3) is 0.192. The maximum atomic E-state index is 12.8. The smallest absolute Gasteiger partial charge is 0.251 e. The fourth-order valence-corrected chi connectivity index (χ4v) is 3.86. The number of nitrogens with one attached hydrogen (secondary N) is 2. The zero-order valence-corrected chi connectivity index (χ0v) is 18.1. The van der Waals surface area contributed by atoms with E-state index in [0.717, 1.165) is 33.2 Å². The lowest BCUT2D eigenvalue weighted by atomic mass is 10.1. The molecule has 4 rings (SSSR count). The van der Waals surface area contributed by atoms with E-state index in [-0.39, 0.29) is 11.7 Å². The van der Waals surface area contributed by atoms with Crippen molar-refractivity contribution in [1.29, 1.82) is 0 Å². The molecular formula is C26H28N4O2. The van der Waals surface area contributed by atoms with Gasteiger partial charge in [0.2, 0.25) is 0 Å². The van der Waals surface area contributed by atoms with Crippen molar-refractivity contribution < 1.29 is 9.90 Å². The van der Waals surface area contributed by atoms with E-state index in [0.29, 0.717) is 31.7 Å². The largest absolute Gasteiger partial charge is 0.508 e. The molecule has 3 aromatic carbocycles. The van der Waals surface area contributed by atoms with Gasteiger partial charge in [0, 0.05) is 55.9 Å². The number of carbonyl (C=O) groups is 1. The number of aromatic hydroxyl groups is 1. The highest BCUT2D eigenvalue weighted by atomic mass is 16.3. The van der Waals surface area contributed by atoms with Gasteiger partial charge in [0.05, 0.1) is 0 Å². The summed E-state index contributed by atoms with van der Waals surface area (Å²) in [5.41, 5.74) is 11.7. The minimum atomic E-state index is -0.100. The maximum Gasteiger partial charge on any atom is 0.251 e. The summed E-state index contributed by atoms with van der Waals surface area (Å²) in [5.74, 6) is 0.164. The van der Waals surface area contributed by atoms with E-state index in [1.807, 2.05) is 61.6 Å². The van der Waals surface area contributed by atoms with Crippen LogP contribution in [0.5, 0.6) is 5.75 Å². The van der Waals surface area contributed by atoms with E-state index in [1.165, 1.54) is 0 Å². The monoisotopic (exact) mass is 428 g/mol. The Morgan fingerprint density at radius 3 is 2.50 bits per heavy atom. The van der Waals surface area contributed by atoms with Crippen LogP contribution in [0, 0.1) is 0 Å². The van der Waals surface area contributed by atoms with Crippen LogP contribution in [0.25, 0.3) is 10.9 Å². The second kappa shape index (κ2) is 9.68. The second-order valence-electron chi connectivity index (χ2n) is 7.97. The number of aromatic nitrogens is 1. The van der Waals surface area contributed by atoms with Crippen molar-refractivity contribution in [3.05, 3.63) is 101 Å². The summed E-state index contributed by atoms with van der Waals surface area (Å²) in [5, 5.41) is 16.9. The SMILES string of the molecule is Cn1cc(CNCc2ccc(O)cc2)c2cc(C(=O)NCc3cccc(CN)c3)ccc21. The van der Waals surface area contributed by atoms with Gasteiger partial charge >= 0.3 is 0 Å². The first-order chi connectivity index (χ1) is 15.5. The Hall–Kier alpha value is -3.61. The lowest BCUT2D eigenvalue weighted by Crippen LogP contribution is -2.22. The lowest BCUT2D eigenvalue weighted by molar-refractivity contribution is 0.0951. The Bertz CT molecular complexity index is 1230. The summed E-state index contributed by atoms with van der Waals surface area (Å²) in [6, 6.07) is 20.9. The average molecular weight is 429 g/mol. The number of hydrogen-bond donors (Lipinski definition) is 4. The summed E-state index contributed by atoms with van der Waals surface area (Å²) in [6.45, 7) is 2.31. The van der Waals surface area contributed by atoms with Crippen molar-refractivity contribution in [2.45, 2.75) is 26.2 Å². The van der Waals surface area contributed by atoms with Crippen molar-refractivity contribution in [1.82, 2.24) is 15.2 Å². The molecule has 0 aliphatic heterocycles. The van der Waals surface area contributed by atoms with Crippen LogP contribution < -0.4 is 16.4 Å². The van der Waals surface area contributed by atoms with Crippen LogP contribution in [-0.4, -0.2) is 15.6 Å². The molecule has 0 bridgehead atoms. The van der Waals surface area contributed by atoms with Crippen molar-refractivity contribution >= 4 is 16.8 Å². The Balaban J connectivity index is 1.44. The van der Waals surface area contributed by atoms with Gasteiger partial charge in [-0.3, -0.25) is 4.79 Å². The second-order valence-corrected chi connectivity index (χ2v) is 7.97. The molecule has 4 aromatic rings. The highest BCUT2D eigenvalue weighted by Gasteiger charge is 2.11. The summed E-state index contributed by atoms with van der Waals surface area (Å²) in [6.07, 6.45) is 2.09. The summed E-state index contributed by atoms with van der Waals surface area (Å²) >= 11 is 0. The first kappa shape index (κ1) is 21.6. The highest BCUT2D eigenvalue weighted by molar-refractivity contribution is 5.99. The van der Waals surface area contributed by atoms with Gasteiger partial charge in [-0.25, -0.2) is 0 Å². The molecule has 32 heavy (non-hydrogen) atoms. The Kier molecular flexibility index (Phi) is 6.54. The zero-order valence-electron chi connectivity index (χ0n) is 18.1. The van der Waals surface area contributed by atoms with Gasteiger partial charge in [0.15, 0.2) is 0 Å². The third kappa shape index (κ3) is 4.99. The number of carbonyl (C=O) groups excluding carboxylic acids is 1. The highest BCUT2D eigenvalue weighted by Crippen LogP contribution is 2.22. The van der Waals surface area contributed by atoms with Gasteiger partial charge in [-0.05, 0) is 52.6 Å². The molecule has 1 amide bonds. The number of fused-ring (bicyclic) bond motifs is 1. The van der Waals surface area contributed by atoms with E-state index in [4.69, 9.17) is 5.73 Å². The average Bonchev–Trinajstić information content (AvgIpc) is 3.13. The minimum absolute atomic E-state index is 0.100. The molecular weight excluding hydrogens is 400 g/mol. The summed E-state index contributed by atoms with van der Waals surface area (Å²) in [7, 11) is 2.01. The molecule has 0 aliphatic rings. The first-order valence-corrected chi connectivity index (χ1v) is 10.7. The Labute approximate surface area is 187 Å². The predicted molar refractivity (Wildman–Crippen MR) is 127 cm³/mol. The van der Waals surface area contributed by atoms with Crippen molar-refractivity contribution in [3.8, 4) is 5.75 Å². The number of phenols is 1. The summed E-state index contributed by atoms with van der Waals surface area (Å²) in [4.78, 5) is 12.8. The summed E-state index contributed by atoms with van der Waals surface area (Å²) < 4.78 is 2.08. The van der Waals surface area contributed by atoms with Crippen LogP contribution in [0.3, 0.4) is 0 Å². The van der Waals surface area contributed by atoms with Crippen LogP contribution in [0.2, 0.25) is 0 Å². The van der Waals surface area contributed by atoms with Gasteiger partial charge in [-0.15, -0.1) is 0 Å². The number of rotatable bonds is 8. The van der Waals surface area contributed by atoms with E-state index >= 15 is 0 Å². The Morgan fingerprint density at radius 2 is 1.72 bits per heavy atom. The molecule has 0 spiro atoms. The number of phenolic OH excluding ortho intramolecular Hbond substituents is 1. The van der Waals surface area contributed by atoms with Gasteiger partial charge < -0.3 is 26.0 Å². The van der Waals surface area contributed by atoms with Gasteiger partial charge in [-0.1, -0.05) is 36.4 Å². The first-order valence-electron chi connectivity index (χ1n) is 10.7. The van der Waals surface area contributed by atoms with E-state index in [2.05, 4.69) is 21.4 Å². The molecule has 0 atom stereocenters. The van der Waals surface area contributed by atoms with Crippen molar-refractivity contribution in [3.63, 3.8) is 0 Å². The van der Waals surface area contributed by atoms with Crippen molar-refractivity contribution in [2.75, 3.05) is 0 Å². The van der Waals surface area contributed by atoms with Crippen LogP contribution >= 0.6 is 0 Å². The minimum Gasteiger partial charge on any atom is -0.508 e. The van der Waals surface area contributed by atoms with Gasteiger partial charge in [-0.2, -0.15) is 0 Å². The van der Waals surface area contributed by atoms with Crippen LogP contribution in [0.15, 0.2) is 72.9 Å². The lowest BCUT2D eigenvalue weighted by Gasteiger charge is -2.08. The number of hydrogen-bond acceptors (Lipinski definition) is 4. The van der Waals surface area contributed by atoms with Crippen LogP contribution in [0.1, 0.15) is 32.6 Å². The molecule has 0 fully saturated rings. The third-order valence-corrected chi connectivity index (χ3v) is 5.60. The number of nitrogens with zero attached hydrogens (tertiary/aromatic N) is 1. The van der Waals surface area contributed by atoms with E-state index in [9.17, 15) is 9.90 Å². The maximum absolute atomic E-state index is 12.8. The molecule has 6 heteroatoms. The normalized spacial score (nSPS) is 11.1. The molecule has 1 aromatic heterocycles. The topological polar surface area (TPSA) is 92.3 Å². The number of aryl methyl sites for hydroxylation is 1. The molecule has 0 saturated carbocycles. The Morgan fingerprint density at radius 1 is 0.938 bits per heavy atom. The number of benzene rings is 3. The molecule has 0 saturated heterocycles.